The standard InChI is InChI=1S/C33H39N7O5.C31H31N5O5.C26H29N7O2/c1-33(43)13-11-23(12-14-33)45-31-27-24(19-5-7-20(8-6-19)29(41)34-2)16-35-28(27)38-32(39-31)37-25-10-9-21(15-26(25)44-4)30(42)36-22-17-40(3)18-22;1-17-33-24-10-9-18(11-26(24)40-17)23-14-32-29-28(23)30(41-22-5-3-4-6-22)35-27(34-29)13-19-7-8-20(12-25(19)39-2)31(38)36-15-21(36)16-37;1-14(2)33-15(3)21(13-28-33)30-26-31-24-23(25(32-26)35-18-7-5-6-8-18)19(12-27-24)17-9-10-20-22(11-17)34-16(4)29-20/h5-10,15-16,22-23,43H,11-14,17-18H2,1-4H3,(H,34,41)(H,36,42)(H2,35,37,38,39);7-12,14,21-22,37H,3-6,13,15-16H2,1-2H3,(H,32,34,35);9-14,18H,5-8H2,1-4H3,(H2,27,30,31,32)/t;21-,36?;/m.0./s1. The Hall–Kier alpha value is -13.0. The number of H-pyrrole nitrogens is 3. The Morgan fingerprint density at radius 3 is 1.60 bits per heavy atom. The van der Waals surface area contributed by atoms with Crippen molar-refractivity contribution in [1.82, 2.24) is 85.0 Å². The third-order valence-electron chi connectivity index (χ3n) is 23.2. The van der Waals surface area contributed by atoms with Crippen molar-refractivity contribution in [3.8, 4) is 62.5 Å². The highest BCUT2D eigenvalue weighted by molar-refractivity contribution is 6.03. The molecule has 2 saturated heterocycles. The summed E-state index contributed by atoms with van der Waals surface area (Å²) in [6, 6.07) is 30.2. The van der Waals surface area contributed by atoms with Crippen molar-refractivity contribution in [3.05, 3.63) is 167 Å². The Balaban J connectivity index is 0.000000130. The third-order valence-corrected chi connectivity index (χ3v) is 23.2. The van der Waals surface area contributed by atoms with Crippen molar-refractivity contribution in [2.45, 2.75) is 167 Å². The van der Waals surface area contributed by atoms with Crippen molar-refractivity contribution in [1.29, 1.82) is 0 Å². The molecule has 1 atom stereocenters. The molecule has 0 radical (unpaired) electrons. The molecule has 31 heteroatoms. The number of ether oxygens (including phenoxy) is 5. The Morgan fingerprint density at radius 2 is 1.08 bits per heavy atom. The van der Waals surface area contributed by atoms with Crippen LogP contribution >= 0.6 is 0 Å². The van der Waals surface area contributed by atoms with Crippen LogP contribution in [0.4, 0.5) is 23.3 Å². The van der Waals surface area contributed by atoms with Gasteiger partial charge in [-0.2, -0.15) is 30.0 Å². The van der Waals surface area contributed by atoms with Crippen LogP contribution in [0.2, 0.25) is 0 Å². The predicted molar refractivity (Wildman–Crippen MR) is 459 cm³/mol. The van der Waals surface area contributed by atoms with Crippen LogP contribution in [0.3, 0.4) is 0 Å². The Morgan fingerprint density at radius 1 is 0.579 bits per heavy atom. The molecule has 5 aromatic carbocycles. The topological polar surface area (TPSA) is 387 Å². The molecule has 626 valence electrons. The predicted octanol–water partition coefficient (Wildman–Crippen LogP) is 14.9. The summed E-state index contributed by atoms with van der Waals surface area (Å²) in [4.78, 5) is 89.2. The lowest BCUT2D eigenvalue weighted by Crippen LogP contribution is -2.57. The molecule has 9 aromatic heterocycles. The van der Waals surface area contributed by atoms with Crippen molar-refractivity contribution in [2.24, 2.45) is 0 Å². The second-order valence-corrected chi connectivity index (χ2v) is 32.5. The van der Waals surface area contributed by atoms with E-state index >= 15 is 0 Å². The van der Waals surface area contributed by atoms with Gasteiger partial charge in [0, 0.05) is 111 Å². The normalized spacial score (nSPS) is 17.5. The number of likely N-dealkylation sites (tertiary alicyclic amines) is 1. The number of benzene rings is 5. The molecule has 9 N–H and O–H groups in total. The van der Waals surface area contributed by atoms with E-state index in [0.717, 1.165) is 135 Å². The highest BCUT2D eigenvalue weighted by Crippen LogP contribution is 2.43. The Kier molecular flexibility index (Phi) is 22.6. The van der Waals surface area contributed by atoms with Crippen molar-refractivity contribution in [2.75, 3.05) is 65.2 Å². The molecule has 3 amide bonds. The van der Waals surface area contributed by atoms with Gasteiger partial charge in [-0.05, 0) is 195 Å². The van der Waals surface area contributed by atoms with Gasteiger partial charge in [0.1, 0.15) is 63.6 Å². The Labute approximate surface area is 697 Å². The molecular formula is C90H99N19O12. The summed E-state index contributed by atoms with van der Waals surface area (Å²) in [6.45, 7) is 14.0. The van der Waals surface area contributed by atoms with E-state index in [2.05, 4.69) is 70.0 Å². The number of oxazole rings is 2. The number of likely N-dealkylation sites (N-methyl/N-ethyl adjacent to an activating group) is 1. The number of aromatic amines is 3. The number of carbonyl (C=O) groups excluding carboxylic acids is 3. The second-order valence-electron chi connectivity index (χ2n) is 32.5. The van der Waals surface area contributed by atoms with Gasteiger partial charge in [0.2, 0.25) is 29.5 Å². The number of aliphatic hydroxyl groups is 2. The SMILES string of the molecule is CNC(=O)c1ccc(-c2c[nH]c3nc(Nc4ccc(C(=O)NC5CN(C)C5)cc4OC)nc(OC4CCC(C)(O)CC4)c23)cc1.COc1cc(C(=O)N2C[C@H]2CO)ccc1Cc1nc(OC2CCCC2)c2c(-c3ccc4nc(C)oc4c3)c[nH]c2n1.Cc1nc2ccc(-c3c[nH]c4nc(Nc5cnn(C(C)C)c5C)nc(OC5CCCC5)c34)cc2o1. The monoisotopic (exact) mass is 1640 g/mol. The molecule has 0 unspecified atom stereocenters. The number of rotatable bonds is 23. The smallest absolute Gasteiger partial charge is 0.254 e. The first-order valence-electron chi connectivity index (χ1n) is 41.4. The van der Waals surface area contributed by atoms with Gasteiger partial charge in [-0.25, -0.2) is 15.0 Å². The lowest BCUT2D eigenvalue weighted by molar-refractivity contribution is -0.0114. The second kappa shape index (κ2) is 34.0. The zero-order valence-corrected chi connectivity index (χ0v) is 69.4. The van der Waals surface area contributed by atoms with Crippen LogP contribution in [-0.4, -0.2) is 193 Å². The average molecular weight is 1640 g/mol. The number of aromatic nitrogens is 13. The van der Waals surface area contributed by atoms with E-state index in [4.69, 9.17) is 62.4 Å². The molecule has 31 nitrogen and oxygen atoms in total. The summed E-state index contributed by atoms with van der Waals surface area (Å²) in [6.07, 6.45) is 19.5. The zero-order valence-electron chi connectivity index (χ0n) is 69.4. The van der Waals surface area contributed by atoms with E-state index < -0.39 is 5.60 Å². The number of fused-ring (bicyclic) bond motifs is 5. The minimum Gasteiger partial charge on any atom is -0.496 e. The molecule has 3 aliphatic carbocycles. The fourth-order valence-corrected chi connectivity index (χ4v) is 16.6. The number of anilines is 4. The Bertz CT molecular complexity index is 6170. The van der Waals surface area contributed by atoms with E-state index in [1.807, 2.05) is 119 Å². The van der Waals surface area contributed by atoms with Crippen LogP contribution in [-0.2, 0) is 6.42 Å². The summed E-state index contributed by atoms with van der Waals surface area (Å²) in [5.74, 6) is 4.81. The summed E-state index contributed by atoms with van der Waals surface area (Å²) in [5, 5.41) is 39.0. The van der Waals surface area contributed by atoms with Gasteiger partial charge in [-0.1, -0.05) is 30.3 Å². The van der Waals surface area contributed by atoms with E-state index in [1.54, 1.807) is 68.6 Å². The van der Waals surface area contributed by atoms with Crippen LogP contribution in [0, 0.1) is 20.8 Å². The van der Waals surface area contributed by atoms with Gasteiger partial charge in [0.25, 0.3) is 17.7 Å². The van der Waals surface area contributed by atoms with Crippen molar-refractivity contribution in [3.63, 3.8) is 0 Å². The molecule has 121 heavy (non-hydrogen) atoms. The molecule has 2 aliphatic heterocycles. The first kappa shape index (κ1) is 80.4. The van der Waals surface area contributed by atoms with E-state index in [-0.39, 0.29) is 66.7 Å². The fourth-order valence-electron chi connectivity index (χ4n) is 16.6. The highest BCUT2D eigenvalue weighted by Gasteiger charge is 2.39. The molecule has 3 saturated carbocycles. The van der Waals surface area contributed by atoms with Gasteiger partial charge < -0.3 is 88.8 Å². The van der Waals surface area contributed by atoms with Crippen LogP contribution in [0.1, 0.15) is 164 Å². The number of amides is 3. The van der Waals surface area contributed by atoms with Gasteiger partial charge in [-0.15, -0.1) is 0 Å². The fraction of sp³-hybridized carbons (Fsp3) is 0.378. The molecule has 5 fully saturated rings. The number of hydrogen-bond acceptors (Lipinski definition) is 24. The molecule has 19 rings (SSSR count). The number of methoxy groups -OCH3 is 2. The van der Waals surface area contributed by atoms with E-state index in [0.29, 0.717) is 136 Å². The number of aryl methyl sites for hydroxylation is 2. The molecule has 0 bridgehead atoms. The van der Waals surface area contributed by atoms with Gasteiger partial charge in [-0.3, -0.25) is 19.1 Å². The van der Waals surface area contributed by atoms with Gasteiger partial charge in [0.15, 0.2) is 22.9 Å². The largest absolute Gasteiger partial charge is 0.496 e. The molecule has 5 aliphatic rings. The maximum absolute atomic E-state index is 12.8. The summed E-state index contributed by atoms with van der Waals surface area (Å²) in [5.41, 5.74) is 14.9. The zero-order chi connectivity index (χ0) is 83.9. The summed E-state index contributed by atoms with van der Waals surface area (Å²) >= 11 is 0. The lowest BCUT2D eigenvalue weighted by Gasteiger charge is -2.36. The van der Waals surface area contributed by atoms with Crippen LogP contribution in [0.25, 0.3) is 88.7 Å². The first-order valence-corrected chi connectivity index (χ1v) is 41.4. The number of hydrogen-bond donors (Lipinski definition) is 9. The number of carbonyl (C=O) groups is 3. The molecule has 0 spiro atoms. The van der Waals surface area contributed by atoms with Gasteiger partial charge in [0.05, 0.1) is 77.9 Å². The minimum absolute atomic E-state index is 0.0270. The number of nitrogens with one attached hydrogen (secondary N) is 7. The summed E-state index contributed by atoms with van der Waals surface area (Å²) < 4.78 is 44.4. The lowest BCUT2D eigenvalue weighted by atomic mass is 9.85. The van der Waals surface area contributed by atoms with Gasteiger partial charge >= 0.3 is 0 Å². The maximum atomic E-state index is 12.8. The number of nitrogens with zero attached hydrogens (tertiary/aromatic N) is 12. The molecular weight excluding hydrogens is 1540 g/mol. The maximum Gasteiger partial charge on any atom is 0.254 e. The third kappa shape index (κ3) is 17.3. The first-order chi connectivity index (χ1) is 58.6. The molecule has 11 heterocycles. The van der Waals surface area contributed by atoms with Crippen molar-refractivity contribution < 1.29 is 57.1 Å². The summed E-state index contributed by atoms with van der Waals surface area (Å²) in [7, 11) is 6.75. The highest BCUT2D eigenvalue weighted by atomic mass is 16.5. The van der Waals surface area contributed by atoms with E-state index in [9.17, 15) is 24.6 Å². The minimum atomic E-state index is -0.701. The van der Waals surface area contributed by atoms with E-state index in [1.165, 1.54) is 12.8 Å². The molecule has 14 aromatic rings. The average Bonchev–Trinajstić information content (AvgIpc) is 1.65. The van der Waals surface area contributed by atoms with Crippen LogP contribution in [0.15, 0.2) is 131 Å². The quantitative estimate of drug-likeness (QED) is 0.0269. The van der Waals surface area contributed by atoms with Crippen LogP contribution in [0.5, 0.6) is 29.1 Å². The van der Waals surface area contributed by atoms with Crippen molar-refractivity contribution >= 4 is 96.3 Å². The number of aliphatic hydroxyl groups excluding tert-OH is 1. The van der Waals surface area contributed by atoms with Crippen LogP contribution < -0.4 is 45.0 Å².